The minimum absolute atomic E-state index is 0.175. The van der Waals surface area contributed by atoms with E-state index in [1.165, 1.54) is 6.07 Å². The first-order valence-corrected chi connectivity index (χ1v) is 11.2. The van der Waals surface area contributed by atoms with E-state index in [-0.39, 0.29) is 33.0 Å². The third-order valence-corrected chi connectivity index (χ3v) is 6.71. The van der Waals surface area contributed by atoms with E-state index < -0.39 is 12.3 Å². The van der Waals surface area contributed by atoms with Crippen LogP contribution in [0.1, 0.15) is 51.7 Å². The molecule has 6 nitrogen and oxygen atoms in total. The normalized spacial score (nSPS) is 13.8. The quantitative estimate of drug-likeness (QED) is 0.368. The van der Waals surface area contributed by atoms with Crippen LogP contribution in [0.4, 0.5) is 20.3 Å². The number of rotatable bonds is 6. The maximum Gasteiger partial charge on any atom is 0.280 e. The average Bonchev–Trinajstić information content (AvgIpc) is 3.49. The van der Waals surface area contributed by atoms with Crippen LogP contribution in [0.2, 0.25) is 5.02 Å². The smallest absolute Gasteiger partial charge is 0.280 e. The van der Waals surface area contributed by atoms with Gasteiger partial charge in [-0.1, -0.05) is 41.9 Å². The molecule has 3 heterocycles. The highest BCUT2D eigenvalue weighted by Crippen LogP contribution is 2.47. The Morgan fingerprint density at radius 1 is 1.31 bits per heavy atom. The number of carbonyl (C=O) groups is 1. The number of alkyl halides is 2. The zero-order valence-corrected chi connectivity index (χ0v) is 18.3. The number of pyridine rings is 1. The van der Waals surface area contributed by atoms with Crippen molar-refractivity contribution in [2.45, 2.75) is 31.7 Å². The monoisotopic (exact) mass is 473 g/mol. The highest BCUT2D eigenvalue weighted by molar-refractivity contribution is 7.21. The largest absolute Gasteiger partial charge is 0.397 e. The molecule has 10 heteroatoms. The van der Waals surface area contributed by atoms with Crippen LogP contribution in [0.25, 0.3) is 10.2 Å². The van der Waals surface area contributed by atoms with Gasteiger partial charge in [-0.15, -0.1) is 11.3 Å². The molecule has 1 saturated carbocycles. The third-order valence-electron chi connectivity index (χ3n) is 5.33. The predicted octanol–water partition coefficient (Wildman–Crippen LogP) is 5.84. The molecule has 32 heavy (non-hydrogen) atoms. The molecule has 5 rings (SSSR count). The number of halogens is 3. The SMILES string of the molecule is Nc1c(C(=O)Nc2nn(Cc3ccccc3)cc2Cl)sc2nc(C(F)F)cc(C3CC3)c12. The molecule has 0 bridgehead atoms. The zero-order valence-electron chi connectivity index (χ0n) is 16.7. The van der Waals surface area contributed by atoms with Crippen LogP contribution in [-0.4, -0.2) is 20.7 Å². The number of amides is 1. The molecule has 0 atom stereocenters. The summed E-state index contributed by atoms with van der Waals surface area (Å²) < 4.78 is 28.3. The number of nitrogens with zero attached hydrogens (tertiary/aromatic N) is 3. The van der Waals surface area contributed by atoms with Crippen molar-refractivity contribution in [2.24, 2.45) is 0 Å². The van der Waals surface area contributed by atoms with Crippen molar-refractivity contribution < 1.29 is 13.6 Å². The number of nitrogens with two attached hydrogens (primary N) is 1. The highest BCUT2D eigenvalue weighted by atomic mass is 35.5. The molecule has 1 fully saturated rings. The summed E-state index contributed by atoms with van der Waals surface area (Å²) in [6.45, 7) is 0.493. The van der Waals surface area contributed by atoms with Crippen molar-refractivity contribution in [1.29, 1.82) is 0 Å². The minimum atomic E-state index is -2.69. The Labute approximate surface area is 191 Å². The number of nitrogens with one attached hydrogen (secondary N) is 1. The fourth-order valence-electron chi connectivity index (χ4n) is 3.66. The van der Waals surface area contributed by atoms with Gasteiger partial charge in [0.25, 0.3) is 12.3 Å². The second-order valence-corrected chi connectivity index (χ2v) is 9.11. The van der Waals surface area contributed by atoms with Crippen LogP contribution in [0.15, 0.2) is 42.6 Å². The van der Waals surface area contributed by atoms with Crippen LogP contribution < -0.4 is 11.1 Å². The van der Waals surface area contributed by atoms with E-state index in [0.29, 0.717) is 16.8 Å². The van der Waals surface area contributed by atoms with E-state index in [4.69, 9.17) is 17.3 Å². The van der Waals surface area contributed by atoms with Crippen molar-refractivity contribution in [1.82, 2.24) is 14.8 Å². The first kappa shape index (κ1) is 20.8. The van der Waals surface area contributed by atoms with Gasteiger partial charge in [-0.25, -0.2) is 13.8 Å². The van der Waals surface area contributed by atoms with Gasteiger partial charge in [0.1, 0.15) is 20.4 Å². The first-order valence-electron chi connectivity index (χ1n) is 10.00. The zero-order chi connectivity index (χ0) is 22.4. The lowest BCUT2D eigenvalue weighted by Crippen LogP contribution is -2.13. The van der Waals surface area contributed by atoms with Crippen molar-refractivity contribution in [3.63, 3.8) is 0 Å². The Morgan fingerprint density at radius 3 is 2.75 bits per heavy atom. The lowest BCUT2D eigenvalue weighted by molar-refractivity contribution is 0.103. The Morgan fingerprint density at radius 2 is 2.06 bits per heavy atom. The summed E-state index contributed by atoms with van der Waals surface area (Å²) in [7, 11) is 0. The molecule has 1 aliphatic rings. The van der Waals surface area contributed by atoms with E-state index in [2.05, 4.69) is 15.4 Å². The van der Waals surface area contributed by atoms with Crippen LogP contribution >= 0.6 is 22.9 Å². The number of nitrogen functional groups attached to an aromatic ring is 1. The van der Waals surface area contributed by atoms with E-state index >= 15 is 0 Å². The number of benzene rings is 1. The van der Waals surface area contributed by atoms with Crippen LogP contribution in [0.3, 0.4) is 0 Å². The molecular weight excluding hydrogens is 456 g/mol. The van der Waals surface area contributed by atoms with Gasteiger partial charge in [0.15, 0.2) is 5.82 Å². The Hall–Kier alpha value is -3.04. The van der Waals surface area contributed by atoms with Gasteiger partial charge in [-0.2, -0.15) is 5.10 Å². The molecule has 3 N–H and O–H groups in total. The van der Waals surface area contributed by atoms with Gasteiger partial charge in [0, 0.05) is 11.6 Å². The van der Waals surface area contributed by atoms with Gasteiger partial charge >= 0.3 is 0 Å². The van der Waals surface area contributed by atoms with Crippen LogP contribution in [0.5, 0.6) is 0 Å². The minimum Gasteiger partial charge on any atom is -0.397 e. The highest BCUT2D eigenvalue weighted by Gasteiger charge is 2.31. The molecule has 0 aliphatic heterocycles. The summed E-state index contributed by atoms with van der Waals surface area (Å²) in [6, 6.07) is 11.1. The topological polar surface area (TPSA) is 85.8 Å². The number of fused-ring (bicyclic) bond motifs is 1. The lowest BCUT2D eigenvalue weighted by atomic mass is 10.1. The number of carbonyl (C=O) groups excluding carboxylic acids is 1. The second kappa shape index (κ2) is 8.14. The lowest BCUT2D eigenvalue weighted by Gasteiger charge is -2.06. The number of aromatic nitrogens is 3. The van der Waals surface area contributed by atoms with Crippen molar-refractivity contribution in [3.05, 3.63) is 69.3 Å². The molecule has 4 aromatic rings. The molecule has 0 spiro atoms. The summed E-state index contributed by atoms with van der Waals surface area (Å²) in [4.78, 5) is 17.6. The molecule has 164 valence electrons. The molecule has 0 radical (unpaired) electrons. The summed E-state index contributed by atoms with van der Waals surface area (Å²) >= 11 is 7.27. The Balaban J connectivity index is 1.44. The van der Waals surface area contributed by atoms with Crippen LogP contribution in [-0.2, 0) is 6.54 Å². The molecule has 0 unspecified atom stereocenters. The third kappa shape index (κ3) is 3.93. The van der Waals surface area contributed by atoms with Gasteiger partial charge in [0.05, 0.1) is 12.2 Å². The van der Waals surface area contributed by atoms with Gasteiger partial charge < -0.3 is 11.1 Å². The average molecular weight is 474 g/mol. The molecule has 0 saturated heterocycles. The maximum absolute atomic E-state index is 13.3. The standard InChI is InChI=1S/C22H18ClF2N5OS/c23-14-10-30(9-11-4-2-1-3-5-11)29-20(14)28-21(31)18-17(26)16-13(12-6-7-12)8-15(19(24)25)27-22(16)32-18/h1-5,8,10,12,19H,6-7,9,26H2,(H,28,29,31). The Kier molecular flexibility index (Phi) is 5.30. The number of hydrogen-bond acceptors (Lipinski definition) is 5. The van der Waals surface area contributed by atoms with Crippen molar-refractivity contribution in [3.8, 4) is 0 Å². The first-order chi connectivity index (χ1) is 15.4. The number of thiophene rings is 1. The molecule has 1 aromatic carbocycles. The van der Waals surface area contributed by atoms with Gasteiger partial charge in [-0.3, -0.25) is 9.48 Å². The van der Waals surface area contributed by atoms with E-state index in [1.807, 2.05) is 30.3 Å². The van der Waals surface area contributed by atoms with E-state index in [0.717, 1.165) is 35.3 Å². The second-order valence-electron chi connectivity index (χ2n) is 7.70. The number of anilines is 2. The summed E-state index contributed by atoms with van der Waals surface area (Å²) in [6.07, 6.45) is 0.755. The fraction of sp³-hybridized carbons (Fsp3) is 0.227. The van der Waals surface area contributed by atoms with Gasteiger partial charge in [0.2, 0.25) is 0 Å². The maximum atomic E-state index is 13.3. The van der Waals surface area contributed by atoms with E-state index in [9.17, 15) is 13.6 Å². The molecule has 1 amide bonds. The van der Waals surface area contributed by atoms with E-state index in [1.54, 1.807) is 10.9 Å². The molecule has 3 aromatic heterocycles. The summed E-state index contributed by atoms with van der Waals surface area (Å²) in [5.74, 6) is -0.125. The van der Waals surface area contributed by atoms with Crippen LogP contribution in [0, 0.1) is 0 Å². The van der Waals surface area contributed by atoms with Crippen molar-refractivity contribution >= 4 is 50.6 Å². The summed E-state index contributed by atoms with van der Waals surface area (Å²) in [5, 5.41) is 7.91. The van der Waals surface area contributed by atoms with Crippen molar-refractivity contribution in [2.75, 3.05) is 11.1 Å². The number of hydrogen-bond donors (Lipinski definition) is 2. The molecule has 1 aliphatic carbocycles. The predicted molar refractivity (Wildman–Crippen MR) is 122 cm³/mol. The Bertz CT molecular complexity index is 1320. The van der Waals surface area contributed by atoms with Gasteiger partial charge in [-0.05, 0) is 36.0 Å². The summed E-state index contributed by atoms with van der Waals surface area (Å²) in [5.41, 5.74) is 8.02. The molecular formula is C22H18ClF2N5OS. The fourth-order valence-corrected chi connectivity index (χ4v) is 4.89.